The average Bonchev–Trinajstić information content (AvgIpc) is 2.74. The van der Waals surface area contributed by atoms with Gasteiger partial charge in [-0.05, 0) is 74.2 Å². The number of hydrogen-bond acceptors (Lipinski definition) is 5. The van der Waals surface area contributed by atoms with Crippen LogP contribution in [0.1, 0.15) is 41.2 Å². The molecule has 3 N–H and O–H groups in total. The van der Waals surface area contributed by atoms with Crippen molar-refractivity contribution in [1.82, 2.24) is 4.90 Å². The third-order valence-electron chi connectivity index (χ3n) is 5.84. The molecule has 3 aromatic carbocycles. The first-order valence-electron chi connectivity index (χ1n) is 11.2. The van der Waals surface area contributed by atoms with E-state index in [-0.39, 0.29) is 0 Å². The SMILES string of the molecule is CCCN1Cc2cc(Oc3cccc(NCc4c(C)cc(C)cc4C)c3)ccc2N=C1N. The number of fused-ring (bicyclic) bond motifs is 1. The molecule has 0 unspecified atom stereocenters. The van der Waals surface area contributed by atoms with Gasteiger partial charge in [-0.1, -0.05) is 30.7 Å². The molecular formula is C27H32N4O. The van der Waals surface area contributed by atoms with E-state index in [0.29, 0.717) is 5.96 Å². The highest BCUT2D eigenvalue weighted by Crippen LogP contribution is 2.32. The molecule has 1 aliphatic heterocycles. The summed E-state index contributed by atoms with van der Waals surface area (Å²) in [6, 6.07) is 18.6. The first-order chi connectivity index (χ1) is 15.4. The van der Waals surface area contributed by atoms with Gasteiger partial charge in [-0.15, -0.1) is 0 Å². The predicted octanol–water partition coefficient (Wildman–Crippen LogP) is 6.19. The van der Waals surface area contributed by atoms with E-state index in [4.69, 9.17) is 10.5 Å². The zero-order valence-corrected chi connectivity index (χ0v) is 19.4. The fourth-order valence-corrected chi connectivity index (χ4v) is 4.29. The van der Waals surface area contributed by atoms with Crippen LogP contribution in [-0.4, -0.2) is 17.4 Å². The van der Waals surface area contributed by atoms with Crippen LogP contribution < -0.4 is 15.8 Å². The van der Waals surface area contributed by atoms with Crippen molar-refractivity contribution in [1.29, 1.82) is 0 Å². The maximum Gasteiger partial charge on any atom is 0.196 e. The van der Waals surface area contributed by atoms with E-state index in [9.17, 15) is 0 Å². The van der Waals surface area contributed by atoms with Crippen LogP contribution in [0.4, 0.5) is 11.4 Å². The van der Waals surface area contributed by atoms with Gasteiger partial charge in [-0.2, -0.15) is 0 Å². The minimum atomic E-state index is 0.589. The number of nitrogens with zero attached hydrogens (tertiary/aromatic N) is 2. The highest BCUT2D eigenvalue weighted by Gasteiger charge is 2.17. The summed E-state index contributed by atoms with van der Waals surface area (Å²) in [4.78, 5) is 6.64. The van der Waals surface area contributed by atoms with Crippen LogP contribution in [0.5, 0.6) is 11.5 Å². The molecule has 0 amide bonds. The van der Waals surface area contributed by atoms with Gasteiger partial charge in [0.15, 0.2) is 5.96 Å². The van der Waals surface area contributed by atoms with Crippen molar-refractivity contribution < 1.29 is 4.74 Å². The number of benzene rings is 3. The Kier molecular flexibility index (Phi) is 6.35. The lowest BCUT2D eigenvalue weighted by molar-refractivity contribution is 0.400. The smallest absolute Gasteiger partial charge is 0.196 e. The van der Waals surface area contributed by atoms with Crippen molar-refractivity contribution in [3.05, 3.63) is 82.4 Å². The number of guanidine groups is 1. The Hall–Kier alpha value is -3.47. The van der Waals surface area contributed by atoms with Crippen LogP contribution >= 0.6 is 0 Å². The molecule has 1 heterocycles. The second kappa shape index (κ2) is 9.35. The monoisotopic (exact) mass is 428 g/mol. The number of hydrogen-bond donors (Lipinski definition) is 2. The molecule has 0 aromatic heterocycles. The van der Waals surface area contributed by atoms with E-state index >= 15 is 0 Å². The van der Waals surface area contributed by atoms with Gasteiger partial charge < -0.3 is 20.7 Å². The van der Waals surface area contributed by atoms with Crippen LogP contribution in [0, 0.1) is 20.8 Å². The normalized spacial score (nSPS) is 12.9. The summed E-state index contributed by atoms with van der Waals surface area (Å²) in [6.07, 6.45) is 1.03. The fourth-order valence-electron chi connectivity index (χ4n) is 4.29. The molecule has 3 aromatic rings. The van der Waals surface area contributed by atoms with Crippen LogP contribution in [0.2, 0.25) is 0 Å². The molecule has 0 saturated carbocycles. The summed E-state index contributed by atoms with van der Waals surface area (Å²) in [5.74, 6) is 2.20. The molecular weight excluding hydrogens is 396 g/mol. The fraction of sp³-hybridized carbons (Fsp3) is 0.296. The first kappa shape index (κ1) is 21.8. The summed E-state index contributed by atoms with van der Waals surface area (Å²) >= 11 is 0. The topological polar surface area (TPSA) is 62.9 Å². The average molecular weight is 429 g/mol. The van der Waals surface area contributed by atoms with Crippen molar-refractivity contribution in [2.45, 2.75) is 47.2 Å². The van der Waals surface area contributed by atoms with E-state index in [1.54, 1.807) is 0 Å². The van der Waals surface area contributed by atoms with E-state index < -0.39 is 0 Å². The minimum absolute atomic E-state index is 0.589. The molecule has 0 aliphatic carbocycles. The zero-order chi connectivity index (χ0) is 22.7. The molecule has 1 aliphatic rings. The maximum atomic E-state index is 6.18. The third kappa shape index (κ3) is 4.88. The third-order valence-corrected chi connectivity index (χ3v) is 5.84. The predicted molar refractivity (Wildman–Crippen MR) is 133 cm³/mol. The summed E-state index contributed by atoms with van der Waals surface area (Å²) in [6.45, 7) is 11.1. The van der Waals surface area contributed by atoms with E-state index in [0.717, 1.165) is 54.5 Å². The summed E-state index contributed by atoms with van der Waals surface area (Å²) < 4.78 is 6.18. The Balaban J connectivity index is 1.46. The van der Waals surface area contributed by atoms with Crippen LogP contribution in [0.25, 0.3) is 0 Å². The molecule has 0 fully saturated rings. The summed E-state index contributed by atoms with van der Waals surface area (Å²) in [5, 5.41) is 3.54. The quantitative estimate of drug-likeness (QED) is 0.471. The number of anilines is 1. The van der Waals surface area contributed by atoms with Crippen LogP contribution in [0.3, 0.4) is 0 Å². The minimum Gasteiger partial charge on any atom is -0.457 e. The standard InChI is InChI=1S/C27H32N4O/c1-5-11-31-17-21-14-24(9-10-26(21)30-27(31)28)32-23-8-6-7-22(15-23)29-16-25-19(3)12-18(2)13-20(25)4/h6-10,12-15,29H,5,11,16-17H2,1-4H3,(H2,28,30). The number of aryl methyl sites for hydroxylation is 3. The van der Waals surface area contributed by atoms with Crippen LogP contribution in [0.15, 0.2) is 59.6 Å². The molecule has 0 atom stereocenters. The van der Waals surface area contributed by atoms with Crippen LogP contribution in [-0.2, 0) is 13.1 Å². The van der Waals surface area contributed by atoms with E-state index in [1.165, 1.54) is 22.3 Å². The Morgan fingerprint density at radius 3 is 2.50 bits per heavy atom. The number of nitrogens with one attached hydrogen (secondary N) is 1. The van der Waals surface area contributed by atoms with Crippen molar-refractivity contribution in [3.63, 3.8) is 0 Å². The number of ether oxygens (including phenoxy) is 1. The summed E-state index contributed by atoms with van der Waals surface area (Å²) in [7, 11) is 0. The molecule has 166 valence electrons. The van der Waals surface area contributed by atoms with Gasteiger partial charge in [-0.25, -0.2) is 4.99 Å². The van der Waals surface area contributed by atoms with Crippen molar-refractivity contribution >= 4 is 17.3 Å². The van der Waals surface area contributed by atoms with Gasteiger partial charge in [0.05, 0.1) is 5.69 Å². The van der Waals surface area contributed by atoms with Crippen molar-refractivity contribution in [2.24, 2.45) is 10.7 Å². The lowest BCUT2D eigenvalue weighted by atomic mass is 10.00. The number of rotatable bonds is 7. The second-order valence-electron chi connectivity index (χ2n) is 8.54. The Bertz CT molecular complexity index is 1130. The molecule has 4 rings (SSSR count). The van der Waals surface area contributed by atoms with Gasteiger partial charge >= 0.3 is 0 Å². The zero-order valence-electron chi connectivity index (χ0n) is 19.4. The molecule has 5 heteroatoms. The Morgan fingerprint density at radius 2 is 1.75 bits per heavy atom. The number of aliphatic imine (C=N–C) groups is 1. The van der Waals surface area contributed by atoms with Gasteiger partial charge in [0.1, 0.15) is 11.5 Å². The highest BCUT2D eigenvalue weighted by molar-refractivity contribution is 5.83. The Morgan fingerprint density at radius 1 is 1.00 bits per heavy atom. The number of nitrogens with two attached hydrogens (primary N) is 1. The lowest BCUT2D eigenvalue weighted by Gasteiger charge is -2.28. The first-order valence-corrected chi connectivity index (χ1v) is 11.2. The molecule has 32 heavy (non-hydrogen) atoms. The lowest BCUT2D eigenvalue weighted by Crippen LogP contribution is -2.39. The highest BCUT2D eigenvalue weighted by atomic mass is 16.5. The van der Waals surface area contributed by atoms with Gasteiger partial charge in [0.25, 0.3) is 0 Å². The summed E-state index contributed by atoms with van der Waals surface area (Å²) in [5.41, 5.74) is 14.4. The molecule has 0 saturated heterocycles. The molecule has 0 radical (unpaired) electrons. The maximum absolute atomic E-state index is 6.18. The molecule has 0 spiro atoms. The van der Waals surface area contributed by atoms with Crippen molar-refractivity contribution in [2.75, 3.05) is 11.9 Å². The van der Waals surface area contributed by atoms with Gasteiger partial charge in [-0.3, -0.25) is 0 Å². The van der Waals surface area contributed by atoms with Gasteiger partial charge in [0.2, 0.25) is 0 Å². The van der Waals surface area contributed by atoms with Gasteiger partial charge in [0, 0.05) is 37.0 Å². The Labute approximate surface area is 190 Å². The largest absolute Gasteiger partial charge is 0.457 e. The van der Waals surface area contributed by atoms with E-state index in [1.807, 2.05) is 30.3 Å². The van der Waals surface area contributed by atoms with Crippen molar-refractivity contribution in [3.8, 4) is 11.5 Å². The second-order valence-corrected chi connectivity index (χ2v) is 8.54. The molecule has 0 bridgehead atoms. The molecule has 5 nitrogen and oxygen atoms in total. The van der Waals surface area contributed by atoms with E-state index in [2.05, 4.69) is 67.2 Å².